The molecule has 1 aromatic rings. The Hall–Kier alpha value is -0.480. The van der Waals surface area contributed by atoms with Gasteiger partial charge in [-0.15, -0.1) is 0 Å². The van der Waals surface area contributed by atoms with Crippen LogP contribution in [0.1, 0.15) is 36.3 Å². The van der Waals surface area contributed by atoms with Crippen LogP contribution in [-0.4, -0.2) is 29.2 Å². The molecule has 0 bridgehead atoms. The van der Waals surface area contributed by atoms with Crippen molar-refractivity contribution in [2.75, 3.05) is 18.1 Å². The molecule has 2 heterocycles. The van der Waals surface area contributed by atoms with Crippen LogP contribution in [-0.2, 0) is 0 Å². The summed E-state index contributed by atoms with van der Waals surface area (Å²) in [6, 6.07) is 0.702. The minimum Gasteiger partial charge on any atom is -0.361 e. The monoisotopic (exact) mass is 240 g/mol. The zero-order chi connectivity index (χ0) is 11.5. The molecule has 1 aromatic heterocycles. The molecule has 2 unspecified atom stereocenters. The predicted octanol–water partition coefficient (Wildman–Crippen LogP) is 2.49. The van der Waals surface area contributed by atoms with E-state index < -0.39 is 0 Å². The van der Waals surface area contributed by atoms with Gasteiger partial charge in [0.1, 0.15) is 5.76 Å². The molecule has 90 valence electrons. The number of thioether (sulfide) groups is 1. The van der Waals surface area contributed by atoms with Crippen molar-refractivity contribution >= 4 is 11.8 Å². The molecule has 0 spiro atoms. The van der Waals surface area contributed by atoms with Gasteiger partial charge in [0, 0.05) is 23.9 Å². The van der Waals surface area contributed by atoms with Crippen molar-refractivity contribution in [2.45, 2.75) is 39.2 Å². The second-order valence-corrected chi connectivity index (χ2v) is 5.76. The molecule has 1 N–H and O–H groups in total. The van der Waals surface area contributed by atoms with Crippen molar-refractivity contribution in [3.63, 3.8) is 0 Å². The summed E-state index contributed by atoms with van der Waals surface area (Å²) in [5.74, 6) is 4.01. The molecule has 1 saturated heterocycles. The Morgan fingerprint density at radius 3 is 2.94 bits per heavy atom. The Morgan fingerprint density at radius 1 is 1.56 bits per heavy atom. The van der Waals surface area contributed by atoms with Crippen LogP contribution in [0.4, 0.5) is 0 Å². The Morgan fingerprint density at radius 2 is 2.38 bits per heavy atom. The zero-order valence-electron chi connectivity index (χ0n) is 10.2. The first-order valence-electron chi connectivity index (χ1n) is 5.92. The van der Waals surface area contributed by atoms with Crippen LogP contribution >= 0.6 is 11.8 Å². The zero-order valence-corrected chi connectivity index (χ0v) is 11.1. The summed E-state index contributed by atoms with van der Waals surface area (Å²) < 4.78 is 5.21. The largest absolute Gasteiger partial charge is 0.361 e. The van der Waals surface area contributed by atoms with E-state index in [2.05, 4.69) is 17.4 Å². The van der Waals surface area contributed by atoms with Gasteiger partial charge in [-0.2, -0.15) is 11.8 Å². The molecule has 1 fully saturated rings. The first-order valence-corrected chi connectivity index (χ1v) is 7.08. The van der Waals surface area contributed by atoms with Gasteiger partial charge in [-0.25, -0.2) is 0 Å². The van der Waals surface area contributed by atoms with Crippen LogP contribution in [0.15, 0.2) is 4.52 Å². The topological polar surface area (TPSA) is 38.1 Å². The van der Waals surface area contributed by atoms with Gasteiger partial charge in [0.15, 0.2) is 0 Å². The fourth-order valence-corrected chi connectivity index (χ4v) is 3.52. The fraction of sp³-hybridized carbons (Fsp3) is 0.750. The fourth-order valence-electron chi connectivity index (χ4n) is 2.33. The Labute approximate surface area is 101 Å². The van der Waals surface area contributed by atoms with E-state index in [1.165, 1.54) is 23.5 Å². The Kier molecular flexibility index (Phi) is 3.92. The second kappa shape index (κ2) is 5.23. The maximum atomic E-state index is 5.21. The summed E-state index contributed by atoms with van der Waals surface area (Å²) in [6.07, 6.45) is 1.30. The average Bonchev–Trinajstić information content (AvgIpc) is 2.86. The molecule has 0 saturated carbocycles. The smallest absolute Gasteiger partial charge is 0.137 e. The van der Waals surface area contributed by atoms with Crippen molar-refractivity contribution in [3.8, 4) is 0 Å². The molecule has 2 atom stereocenters. The number of nitrogens with zero attached hydrogens (tertiary/aromatic N) is 1. The number of aryl methyl sites for hydroxylation is 2. The van der Waals surface area contributed by atoms with E-state index in [4.69, 9.17) is 4.52 Å². The van der Waals surface area contributed by atoms with Crippen LogP contribution in [0.2, 0.25) is 0 Å². The minimum atomic E-state index is 0.483. The maximum Gasteiger partial charge on any atom is 0.137 e. The molecule has 16 heavy (non-hydrogen) atoms. The highest BCUT2D eigenvalue weighted by Crippen LogP contribution is 2.23. The molecule has 0 aliphatic carbocycles. The molecular formula is C12H20N2OS. The van der Waals surface area contributed by atoms with Gasteiger partial charge >= 0.3 is 0 Å². The summed E-state index contributed by atoms with van der Waals surface area (Å²) in [7, 11) is 0. The highest BCUT2D eigenvalue weighted by atomic mass is 32.2. The Bertz CT molecular complexity index is 325. The normalized spacial score (nSPS) is 22.6. The van der Waals surface area contributed by atoms with Crippen LogP contribution in [0, 0.1) is 13.8 Å². The van der Waals surface area contributed by atoms with Gasteiger partial charge in [-0.1, -0.05) is 12.1 Å². The molecule has 3 nitrogen and oxygen atoms in total. The van der Waals surface area contributed by atoms with E-state index >= 15 is 0 Å². The molecule has 1 aliphatic rings. The lowest BCUT2D eigenvalue weighted by atomic mass is 9.99. The quantitative estimate of drug-likeness (QED) is 0.877. The van der Waals surface area contributed by atoms with E-state index in [1.54, 1.807) is 0 Å². The van der Waals surface area contributed by atoms with Crippen molar-refractivity contribution < 1.29 is 4.52 Å². The van der Waals surface area contributed by atoms with E-state index in [9.17, 15) is 0 Å². The van der Waals surface area contributed by atoms with Crippen LogP contribution in [0.3, 0.4) is 0 Å². The molecule has 2 rings (SSSR count). The summed E-state index contributed by atoms with van der Waals surface area (Å²) in [4.78, 5) is 0. The van der Waals surface area contributed by atoms with Crippen molar-refractivity contribution in [1.29, 1.82) is 0 Å². The highest BCUT2D eigenvalue weighted by Gasteiger charge is 2.19. The Balaban J connectivity index is 1.89. The molecule has 0 aromatic carbocycles. The van der Waals surface area contributed by atoms with Gasteiger partial charge in [0.2, 0.25) is 0 Å². The number of nitrogens with one attached hydrogen (secondary N) is 1. The molecular weight excluding hydrogens is 220 g/mol. The van der Waals surface area contributed by atoms with E-state index in [-0.39, 0.29) is 0 Å². The third-order valence-corrected chi connectivity index (χ3v) is 4.39. The van der Waals surface area contributed by atoms with Crippen LogP contribution < -0.4 is 5.32 Å². The van der Waals surface area contributed by atoms with Crippen LogP contribution in [0.5, 0.6) is 0 Å². The van der Waals surface area contributed by atoms with E-state index in [0.29, 0.717) is 12.0 Å². The average molecular weight is 240 g/mol. The summed E-state index contributed by atoms with van der Waals surface area (Å²) in [5.41, 5.74) is 2.31. The lowest BCUT2D eigenvalue weighted by molar-refractivity contribution is 0.391. The van der Waals surface area contributed by atoms with Gasteiger partial charge in [-0.05, 0) is 31.9 Å². The standard InChI is InChI=1S/C12H20N2OS/c1-8(6-13-11-4-5-16-7-11)12-9(2)14-15-10(12)3/h8,11,13H,4-7H2,1-3H3. The number of rotatable bonds is 4. The minimum absolute atomic E-state index is 0.483. The van der Waals surface area contributed by atoms with Gasteiger partial charge in [-0.3, -0.25) is 0 Å². The van der Waals surface area contributed by atoms with Crippen LogP contribution in [0.25, 0.3) is 0 Å². The number of aromatic nitrogens is 1. The molecule has 0 radical (unpaired) electrons. The van der Waals surface area contributed by atoms with E-state index in [0.717, 1.165) is 18.0 Å². The van der Waals surface area contributed by atoms with Crippen molar-refractivity contribution in [3.05, 3.63) is 17.0 Å². The van der Waals surface area contributed by atoms with Gasteiger partial charge in [0.25, 0.3) is 0 Å². The lowest BCUT2D eigenvalue weighted by Gasteiger charge is -2.16. The number of hydrogen-bond donors (Lipinski definition) is 1. The molecule has 1 aliphatic heterocycles. The maximum absolute atomic E-state index is 5.21. The first kappa shape index (κ1) is 12.0. The summed E-state index contributed by atoms with van der Waals surface area (Å²) >= 11 is 2.04. The van der Waals surface area contributed by atoms with Crippen molar-refractivity contribution in [1.82, 2.24) is 10.5 Å². The second-order valence-electron chi connectivity index (χ2n) is 4.61. The van der Waals surface area contributed by atoms with Gasteiger partial charge in [0.05, 0.1) is 5.69 Å². The van der Waals surface area contributed by atoms with E-state index in [1.807, 2.05) is 25.6 Å². The third-order valence-electron chi connectivity index (χ3n) is 3.22. The lowest BCUT2D eigenvalue weighted by Crippen LogP contribution is -2.32. The first-order chi connectivity index (χ1) is 7.68. The predicted molar refractivity (Wildman–Crippen MR) is 68.1 cm³/mol. The number of hydrogen-bond acceptors (Lipinski definition) is 4. The van der Waals surface area contributed by atoms with Gasteiger partial charge < -0.3 is 9.84 Å². The summed E-state index contributed by atoms with van der Waals surface area (Å²) in [6.45, 7) is 7.28. The SMILES string of the molecule is Cc1noc(C)c1C(C)CNC1CCSC1. The molecule has 0 amide bonds. The summed E-state index contributed by atoms with van der Waals surface area (Å²) in [5, 5.41) is 7.64. The molecule has 4 heteroatoms. The highest BCUT2D eigenvalue weighted by molar-refractivity contribution is 7.99. The third kappa shape index (κ3) is 2.61. The van der Waals surface area contributed by atoms with Crippen molar-refractivity contribution in [2.24, 2.45) is 0 Å².